The van der Waals surface area contributed by atoms with Crippen molar-refractivity contribution < 1.29 is 9.18 Å². The van der Waals surface area contributed by atoms with Gasteiger partial charge in [-0.1, -0.05) is 42.5 Å². The Kier molecular flexibility index (Phi) is 4.99. The Morgan fingerprint density at radius 3 is 2.52 bits per heavy atom. The maximum Gasteiger partial charge on any atom is 0.274 e. The molecule has 2 aromatic carbocycles. The van der Waals surface area contributed by atoms with Crippen LogP contribution >= 0.6 is 0 Å². The lowest BCUT2D eigenvalue weighted by atomic mass is 10.2. The Bertz CT molecular complexity index is 884. The van der Waals surface area contributed by atoms with Crippen molar-refractivity contribution in [2.24, 2.45) is 0 Å². The number of amides is 1. The van der Waals surface area contributed by atoms with Gasteiger partial charge in [0, 0.05) is 12.6 Å². The fraction of sp³-hybridized carbons (Fsp3) is 0.105. The molecule has 1 heterocycles. The third kappa shape index (κ3) is 4.38. The molecule has 0 aliphatic carbocycles. The third-order valence-corrected chi connectivity index (χ3v) is 3.51. The van der Waals surface area contributed by atoms with E-state index in [1.165, 1.54) is 12.1 Å². The van der Waals surface area contributed by atoms with Crippen LogP contribution in [0.15, 0.2) is 60.7 Å². The number of carbonyl (C=O) groups is 1. The molecule has 1 aromatic heterocycles. The van der Waals surface area contributed by atoms with Crippen LogP contribution in [0.4, 0.5) is 15.9 Å². The van der Waals surface area contributed by atoms with Crippen LogP contribution in [0.2, 0.25) is 0 Å². The second-order valence-corrected chi connectivity index (χ2v) is 5.46. The van der Waals surface area contributed by atoms with E-state index < -0.39 is 11.7 Å². The van der Waals surface area contributed by atoms with Crippen LogP contribution in [-0.2, 0) is 6.54 Å². The Balaban J connectivity index is 1.74. The molecule has 3 rings (SSSR count). The first kappa shape index (κ1) is 16.6. The maximum absolute atomic E-state index is 13.7. The predicted molar refractivity (Wildman–Crippen MR) is 94.9 cm³/mol. The quantitative estimate of drug-likeness (QED) is 0.744. The van der Waals surface area contributed by atoms with Crippen molar-refractivity contribution in [2.45, 2.75) is 13.5 Å². The minimum atomic E-state index is -0.496. The highest BCUT2D eigenvalue weighted by Crippen LogP contribution is 2.15. The number of aromatic nitrogens is 2. The molecule has 25 heavy (non-hydrogen) atoms. The SMILES string of the molecule is Cc1nc(NCc2ccccc2)cc(C(=O)Nc2ccccc2F)n1. The molecule has 5 nitrogen and oxygen atoms in total. The predicted octanol–water partition coefficient (Wildman–Crippen LogP) is 3.79. The first-order valence-corrected chi connectivity index (χ1v) is 7.81. The average molecular weight is 336 g/mol. The number of para-hydroxylation sites is 1. The number of carbonyl (C=O) groups excluding carboxylic acids is 1. The van der Waals surface area contributed by atoms with Gasteiger partial charge in [-0.05, 0) is 24.6 Å². The number of nitrogens with zero attached hydrogens (tertiary/aromatic N) is 2. The minimum absolute atomic E-state index is 0.113. The lowest BCUT2D eigenvalue weighted by Crippen LogP contribution is -2.16. The average Bonchev–Trinajstić information content (AvgIpc) is 2.62. The van der Waals surface area contributed by atoms with Crippen LogP contribution in [0.3, 0.4) is 0 Å². The lowest BCUT2D eigenvalue weighted by Gasteiger charge is -2.09. The molecule has 0 aliphatic heterocycles. The molecule has 1 amide bonds. The highest BCUT2D eigenvalue weighted by Gasteiger charge is 2.12. The van der Waals surface area contributed by atoms with Crippen LogP contribution in [-0.4, -0.2) is 15.9 Å². The topological polar surface area (TPSA) is 66.9 Å². The largest absolute Gasteiger partial charge is 0.366 e. The fourth-order valence-electron chi connectivity index (χ4n) is 2.31. The van der Waals surface area contributed by atoms with E-state index in [0.29, 0.717) is 18.2 Å². The Hall–Kier alpha value is -3.28. The van der Waals surface area contributed by atoms with Crippen LogP contribution in [0.1, 0.15) is 21.9 Å². The van der Waals surface area contributed by atoms with Crippen LogP contribution in [0.25, 0.3) is 0 Å². The van der Waals surface area contributed by atoms with Gasteiger partial charge in [0.05, 0.1) is 5.69 Å². The molecule has 0 bridgehead atoms. The van der Waals surface area contributed by atoms with Gasteiger partial charge < -0.3 is 10.6 Å². The molecule has 126 valence electrons. The number of anilines is 2. The lowest BCUT2D eigenvalue weighted by molar-refractivity contribution is 0.102. The number of aryl methyl sites for hydroxylation is 1. The van der Waals surface area contributed by atoms with Crippen LogP contribution < -0.4 is 10.6 Å². The molecule has 6 heteroatoms. The molecule has 0 spiro atoms. The summed E-state index contributed by atoms with van der Waals surface area (Å²) in [6.45, 7) is 2.28. The van der Waals surface area contributed by atoms with Crippen molar-refractivity contribution in [1.82, 2.24) is 9.97 Å². The number of benzene rings is 2. The van der Waals surface area contributed by atoms with Gasteiger partial charge in [-0.15, -0.1) is 0 Å². The monoisotopic (exact) mass is 336 g/mol. The third-order valence-electron chi connectivity index (χ3n) is 3.51. The van der Waals surface area contributed by atoms with E-state index in [0.717, 1.165) is 5.56 Å². The smallest absolute Gasteiger partial charge is 0.274 e. The second kappa shape index (κ2) is 7.53. The summed E-state index contributed by atoms with van der Waals surface area (Å²) in [5.41, 5.74) is 1.38. The first-order chi connectivity index (χ1) is 12.1. The van der Waals surface area contributed by atoms with Gasteiger partial charge in [0.1, 0.15) is 23.2 Å². The minimum Gasteiger partial charge on any atom is -0.366 e. The van der Waals surface area contributed by atoms with Crippen LogP contribution in [0.5, 0.6) is 0 Å². The molecule has 0 fully saturated rings. The second-order valence-electron chi connectivity index (χ2n) is 5.46. The van der Waals surface area contributed by atoms with Gasteiger partial charge in [0.15, 0.2) is 0 Å². The van der Waals surface area contributed by atoms with E-state index in [2.05, 4.69) is 20.6 Å². The summed E-state index contributed by atoms with van der Waals surface area (Å²) in [6, 6.07) is 17.4. The number of hydrogen-bond donors (Lipinski definition) is 2. The van der Waals surface area contributed by atoms with Gasteiger partial charge >= 0.3 is 0 Å². The van der Waals surface area contributed by atoms with Gasteiger partial charge in [-0.2, -0.15) is 0 Å². The molecule has 0 unspecified atom stereocenters. The van der Waals surface area contributed by atoms with Crippen molar-refractivity contribution in [1.29, 1.82) is 0 Å². The standard InChI is InChI=1S/C19H17FN4O/c1-13-22-17(19(25)24-16-10-6-5-9-15(16)20)11-18(23-13)21-12-14-7-3-2-4-8-14/h2-11H,12H2,1H3,(H,24,25)(H,21,22,23). The number of hydrogen-bond acceptors (Lipinski definition) is 4. The molecule has 3 aromatic rings. The molecule has 0 saturated heterocycles. The zero-order valence-corrected chi connectivity index (χ0v) is 13.7. The normalized spacial score (nSPS) is 10.3. The molecular formula is C19H17FN4O. The Morgan fingerprint density at radius 1 is 1.04 bits per heavy atom. The fourth-order valence-corrected chi connectivity index (χ4v) is 2.31. The first-order valence-electron chi connectivity index (χ1n) is 7.81. The molecule has 0 radical (unpaired) electrons. The summed E-state index contributed by atoms with van der Waals surface area (Å²) in [4.78, 5) is 20.8. The number of rotatable bonds is 5. The van der Waals surface area contributed by atoms with Gasteiger partial charge in [-0.25, -0.2) is 14.4 Å². The van der Waals surface area contributed by atoms with E-state index in [-0.39, 0.29) is 11.4 Å². The van der Waals surface area contributed by atoms with Crippen LogP contribution in [0, 0.1) is 12.7 Å². The summed E-state index contributed by atoms with van der Waals surface area (Å²) >= 11 is 0. The number of halogens is 1. The molecular weight excluding hydrogens is 319 g/mol. The maximum atomic E-state index is 13.7. The highest BCUT2D eigenvalue weighted by atomic mass is 19.1. The summed E-state index contributed by atoms with van der Waals surface area (Å²) in [7, 11) is 0. The van der Waals surface area contributed by atoms with Crippen molar-refractivity contribution in [3.8, 4) is 0 Å². The van der Waals surface area contributed by atoms with E-state index in [1.54, 1.807) is 25.1 Å². The Labute approximate surface area is 145 Å². The van der Waals surface area contributed by atoms with Gasteiger partial charge in [0.25, 0.3) is 5.91 Å². The van der Waals surface area contributed by atoms with E-state index in [4.69, 9.17) is 0 Å². The summed E-state index contributed by atoms with van der Waals surface area (Å²) in [5.74, 6) is 0.00852. The zero-order valence-electron chi connectivity index (χ0n) is 13.7. The van der Waals surface area contributed by atoms with Crippen molar-refractivity contribution >= 4 is 17.4 Å². The highest BCUT2D eigenvalue weighted by molar-refractivity contribution is 6.03. The van der Waals surface area contributed by atoms with E-state index >= 15 is 0 Å². The summed E-state index contributed by atoms with van der Waals surface area (Å²) in [6.07, 6.45) is 0. The molecule has 0 atom stereocenters. The molecule has 2 N–H and O–H groups in total. The van der Waals surface area contributed by atoms with Crippen molar-refractivity contribution in [3.63, 3.8) is 0 Å². The van der Waals surface area contributed by atoms with Crippen molar-refractivity contribution in [3.05, 3.63) is 83.6 Å². The summed E-state index contributed by atoms with van der Waals surface area (Å²) in [5, 5.41) is 5.69. The number of nitrogens with one attached hydrogen (secondary N) is 2. The summed E-state index contributed by atoms with van der Waals surface area (Å²) < 4.78 is 13.7. The van der Waals surface area contributed by atoms with Crippen molar-refractivity contribution in [2.75, 3.05) is 10.6 Å². The van der Waals surface area contributed by atoms with Gasteiger partial charge in [-0.3, -0.25) is 4.79 Å². The van der Waals surface area contributed by atoms with Gasteiger partial charge in [0.2, 0.25) is 0 Å². The molecule has 0 saturated carbocycles. The van der Waals surface area contributed by atoms with E-state index in [1.807, 2.05) is 30.3 Å². The van der Waals surface area contributed by atoms with E-state index in [9.17, 15) is 9.18 Å². The molecule has 0 aliphatic rings. The Morgan fingerprint density at radius 2 is 1.76 bits per heavy atom. The zero-order chi connectivity index (χ0) is 17.6.